The topological polar surface area (TPSA) is 17.8 Å². The van der Waals surface area contributed by atoms with Gasteiger partial charge in [0, 0.05) is 4.47 Å². The summed E-state index contributed by atoms with van der Waals surface area (Å²) in [5.74, 6) is 0.522. The summed E-state index contributed by atoms with van der Waals surface area (Å²) < 4.78 is 16.7. The van der Waals surface area contributed by atoms with Crippen LogP contribution in [0.1, 0.15) is 11.4 Å². The van der Waals surface area contributed by atoms with E-state index in [1.165, 1.54) is 6.07 Å². The number of aryl methyl sites for hydroxylation is 1. The number of fused-ring (bicyclic) bond motifs is 1. The van der Waals surface area contributed by atoms with Crippen molar-refractivity contribution in [3.8, 4) is 5.69 Å². The third kappa shape index (κ3) is 2.13. The van der Waals surface area contributed by atoms with Gasteiger partial charge in [-0.05, 0) is 36.8 Å². The Hall–Kier alpha value is -1.39. The fourth-order valence-electron chi connectivity index (χ4n) is 2.30. The van der Waals surface area contributed by atoms with Gasteiger partial charge in [0.1, 0.15) is 11.3 Å². The molecule has 0 bridgehead atoms. The van der Waals surface area contributed by atoms with Gasteiger partial charge in [-0.1, -0.05) is 28.1 Å². The lowest BCUT2D eigenvalue weighted by Crippen LogP contribution is -2.01. The molecule has 0 spiro atoms. The molecule has 0 unspecified atom stereocenters. The van der Waals surface area contributed by atoms with Crippen molar-refractivity contribution in [1.82, 2.24) is 9.55 Å². The average molecular weight is 354 g/mol. The maximum absolute atomic E-state index is 13.9. The minimum atomic E-state index is -0.333. The number of benzene rings is 2. The van der Waals surface area contributed by atoms with E-state index in [0.717, 1.165) is 21.2 Å². The van der Waals surface area contributed by atoms with Crippen LogP contribution in [0, 0.1) is 12.7 Å². The SMILES string of the molecule is Cc1ccc(Br)cc1-n1c(CCl)nc2c(F)cccc21. The number of imidazole rings is 1. The van der Waals surface area contributed by atoms with Crippen LogP contribution >= 0.6 is 27.5 Å². The Morgan fingerprint density at radius 2 is 2.10 bits per heavy atom. The zero-order chi connectivity index (χ0) is 14.3. The van der Waals surface area contributed by atoms with Crippen LogP contribution in [0.3, 0.4) is 0 Å². The van der Waals surface area contributed by atoms with Gasteiger partial charge in [-0.3, -0.25) is 4.57 Å². The molecular formula is C15H11BrClFN2. The molecule has 0 radical (unpaired) electrons. The zero-order valence-corrected chi connectivity index (χ0v) is 13.0. The van der Waals surface area contributed by atoms with Gasteiger partial charge in [0.15, 0.2) is 5.82 Å². The van der Waals surface area contributed by atoms with Gasteiger partial charge in [0.05, 0.1) is 17.1 Å². The Morgan fingerprint density at radius 1 is 1.30 bits per heavy atom. The highest BCUT2D eigenvalue weighted by Gasteiger charge is 2.15. The highest BCUT2D eigenvalue weighted by atomic mass is 79.9. The van der Waals surface area contributed by atoms with Gasteiger partial charge in [0.2, 0.25) is 0 Å². The van der Waals surface area contributed by atoms with Crippen molar-refractivity contribution in [3.05, 3.63) is 58.1 Å². The van der Waals surface area contributed by atoms with Gasteiger partial charge in [0.25, 0.3) is 0 Å². The number of para-hydroxylation sites is 1. The van der Waals surface area contributed by atoms with Crippen LogP contribution in [-0.4, -0.2) is 9.55 Å². The third-order valence-electron chi connectivity index (χ3n) is 3.24. The molecule has 1 aromatic heterocycles. The highest BCUT2D eigenvalue weighted by molar-refractivity contribution is 9.10. The minimum absolute atomic E-state index is 0.222. The molecule has 0 aliphatic rings. The monoisotopic (exact) mass is 352 g/mol. The van der Waals surface area contributed by atoms with Crippen LogP contribution in [-0.2, 0) is 5.88 Å². The summed E-state index contributed by atoms with van der Waals surface area (Å²) in [5, 5.41) is 0. The molecule has 20 heavy (non-hydrogen) atoms. The second-order valence-corrected chi connectivity index (χ2v) is 5.72. The van der Waals surface area contributed by atoms with E-state index >= 15 is 0 Å². The van der Waals surface area contributed by atoms with Crippen molar-refractivity contribution < 1.29 is 4.39 Å². The van der Waals surface area contributed by atoms with Gasteiger partial charge in [-0.15, -0.1) is 11.6 Å². The molecule has 102 valence electrons. The minimum Gasteiger partial charge on any atom is -0.295 e. The van der Waals surface area contributed by atoms with Crippen molar-refractivity contribution in [1.29, 1.82) is 0 Å². The lowest BCUT2D eigenvalue weighted by atomic mass is 10.2. The van der Waals surface area contributed by atoms with Crippen LogP contribution < -0.4 is 0 Å². The summed E-state index contributed by atoms with van der Waals surface area (Å²) in [6.07, 6.45) is 0. The van der Waals surface area contributed by atoms with Crippen molar-refractivity contribution in [2.75, 3.05) is 0 Å². The molecule has 5 heteroatoms. The number of halogens is 3. The third-order valence-corrected chi connectivity index (χ3v) is 3.97. The van der Waals surface area contributed by atoms with E-state index in [1.807, 2.05) is 35.8 Å². The molecule has 0 N–H and O–H groups in total. The number of rotatable bonds is 2. The lowest BCUT2D eigenvalue weighted by Gasteiger charge is -2.11. The second-order valence-electron chi connectivity index (χ2n) is 4.54. The van der Waals surface area contributed by atoms with E-state index in [9.17, 15) is 4.39 Å². The predicted octanol–water partition coefficient (Wildman–Crippen LogP) is 4.97. The second kappa shape index (κ2) is 5.19. The Morgan fingerprint density at radius 3 is 2.85 bits per heavy atom. The Bertz CT molecular complexity index is 798. The number of hydrogen-bond acceptors (Lipinski definition) is 1. The van der Waals surface area contributed by atoms with E-state index in [-0.39, 0.29) is 11.7 Å². The summed E-state index contributed by atoms with van der Waals surface area (Å²) in [6, 6.07) is 10.9. The van der Waals surface area contributed by atoms with Crippen LogP contribution in [0.25, 0.3) is 16.7 Å². The van der Waals surface area contributed by atoms with Crippen LogP contribution in [0.4, 0.5) is 4.39 Å². The first-order valence-corrected chi connectivity index (χ1v) is 7.43. The van der Waals surface area contributed by atoms with Crippen molar-refractivity contribution >= 4 is 38.6 Å². The summed E-state index contributed by atoms with van der Waals surface area (Å²) in [7, 11) is 0. The van der Waals surface area contributed by atoms with Gasteiger partial charge in [-0.25, -0.2) is 9.37 Å². The molecule has 0 aliphatic heterocycles. The Kier molecular flexibility index (Phi) is 3.52. The maximum atomic E-state index is 13.9. The van der Waals surface area contributed by atoms with Crippen LogP contribution in [0.15, 0.2) is 40.9 Å². The lowest BCUT2D eigenvalue weighted by molar-refractivity contribution is 0.637. The number of hydrogen-bond donors (Lipinski definition) is 0. The molecule has 0 amide bonds. The van der Waals surface area contributed by atoms with Gasteiger partial charge >= 0.3 is 0 Å². The summed E-state index contributed by atoms with van der Waals surface area (Å²) >= 11 is 9.45. The van der Waals surface area contributed by atoms with Gasteiger partial charge < -0.3 is 0 Å². The smallest absolute Gasteiger partial charge is 0.151 e. The van der Waals surface area contributed by atoms with Crippen LogP contribution in [0.2, 0.25) is 0 Å². The first kappa shape index (κ1) is 13.6. The summed E-state index contributed by atoms with van der Waals surface area (Å²) in [5.41, 5.74) is 3.09. The quantitative estimate of drug-likeness (QED) is 0.594. The van der Waals surface area contributed by atoms with E-state index in [0.29, 0.717) is 11.3 Å². The molecule has 3 rings (SSSR count). The molecule has 0 saturated heterocycles. The van der Waals surface area contributed by atoms with Gasteiger partial charge in [-0.2, -0.15) is 0 Å². The van der Waals surface area contributed by atoms with Crippen molar-refractivity contribution in [3.63, 3.8) is 0 Å². The molecule has 0 fully saturated rings. The van der Waals surface area contributed by atoms with Crippen LogP contribution in [0.5, 0.6) is 0 Å². The Balaban J connectivity index is 2.40. The molecule has 0 saturated carbocycles. The normalized spacial score (nSPS) is 11.2. The zero-order valence-electron chi connectivity index (χ0n) is 10.7. The number of aromatic nitrogens is 2. The Labute approximate surface area is 129 Å². The summed E-state index contributed by atoms with van der Waals surface area (Å²) in [4.78, 5) is 4.32. The molecule has 0 aliphatic carbocycles. The number of alkyl halides is 1. The molecular weight excluding hydrogens is 343 g/mol. The predicted molar refractivity (Wildman–Crippen MR) is 83.0 cm³/mol. The van der Waals surface area contributed by atoms with E-state index in [2.05, 4.69) is 20.9 Å². The highest BCUT2D eigenvalue weighted by Crippen LogP contribution is 2.28. The molecule has 2 aromatic carbocycles. The largest absolute Gasteiger partial charge is 0.295 e. The molecule has 3 aromatic rings. The first-order valence-electron chi connectivity index (χ1n) is 6.10. The van der Waals surface area contributed by atoms with Crippen molar-refractivity contribution in [2.24, 2.45) is 0 Å². The van der Waals surface area contributed by atoms with E-state index in [1.54, 1.807) is 6.07 Å². The fourth-order valence-corrected chi connectivity index (χ4v) is 2.82. The molecule has 1 heterocycles. The maximum Gasteiger partial charge on any atom is 0.151 e. The fraction of sp³-hybridized carbons (Fsp3) is 0.133. The molecule has 2 nitrogen and oxygen atoms in total. The van der Waals surface area contributed by atoms with Crippen molar-refractivity contribution in [2.45, 2.75) is 12.8 Å². The summed E-state index contributed by atoms with van der Waals surface area (Å²) in [6.45, 7) is 2.00. The van der Waals surface area contributed by atoms with E-state index < -0.39 is 0 Å². The standard InChI is InChI=1S/C15H11BrClFN2/c1-9-5-6-10(16)7-13(9)20-12-4-2-3-11(18)15(12)19-14(20)8-17/h2-7H,8H2,1H3. The van der Waals surface area contributed by atoms with E-state index in [4.69, 9.17) is 11.6 Å². The average Bonchev–Trinajstić information content (AvgIpc) is 2.81. The first-order chi connectivity index (χ1) is 9.61. The molecule has 0 atom stereocenters. The number of nitrogens with zero attached hydrogens (tertiary/aromatic N) is 2.